The lowest BCUT2D eigenvalue weighted by Gasteiger charge is -2.21. The number of phosphoric acid groups is 2. The van der Waals surface area contributed by atoms with E-state index in [0.29, 0.717) is 31.6 Å². The average molecular weight is 1310 g/mol. The first-order valence-corrected chi connectivity index (χ1v) is 39.5. The first kappa shape index (κ1) is 87.1. The molecular formula is C70H136O17P2. The first-order valence-electron chi connectivity index (χ1n) is 36.5. The Kier molecular flexibility index (Phi) is 60.8. The Morgan fingerprint density at radius 1 is 0.303 bits per heavy atom. The maximum Gasteiger partial charge on any atom is 0.472 e. The molecule has 0 aromatic carbocycles. The molecule has 0 aliphatic rings. The molecule has 0 amide bonds. The molecule has 0 aliphatic carbocycles. The van der Waals surface area contributed by atoms with Gasteiger partial charge in [-0.3, -0.25) is 37.3 Å². The van der Waals surface area contributed by atoms with Gasteiger partial charge in [0.1, 0.15) is 19.3 Å². The van der Waals surface area contributed by atoms with Gasteiger partial charge in [-0.05, 0) is 37.5 Å². The van der Waals surface area contributed by atoms with E-state index in [2.05, 4.69) is 41.5 Å². The first-order chi connectivity index (χ1) is 42.9. The number of aliphatic hydroxyl groups is 1. The van der Waals surface area contributed by atoms with Crippen LogP contribution < -0.4 is 0 Å². The fraction of sp³-hybridized carbons (Fsp3) is 0.943. The highest BCUT2D eigenvalue weighted by Crippen LogP contribution is 2.45. The van der Waals surface area contributed by atoms with Gasteiger partial charge in [-0.2, -0.15) is 0 Å². The number of carbonyl (C=O) groups excluding carboxylic acids is 4. The molecule has 0 rings (SSSR count). The Morgan fingerprint density at radius 3 is 0.764 bits per heavy atom. The second kappa shape index (κ2) is 62.2. The van der Waals surface area contributed by atoms with E-state index in [1.807, 2.05) is 0 Å². The van der Waals surface area contributed by atoms with Crippen LogP contribution >= 0.6 is 15.6 Å². The van der Waals surface area contributed by atoms with E-state index < -0.39 is 97.5 Å². The van der Waals surface area contributed by atoms with Crippen molar-refractivity contribution in [3.63, 3.8) is 0 Å². The predicted octanol–water partition coefficient (Wildman–Crippen LogP) is 20.0. The van der Waals surface area contributed by atoms with Crippen molar-refractivity contribution in [1.82, 2.24) is 0 Å². The van der Waals surface area contributed by atoms with Crippen LogP contribution in [0.5, 0.6) is 0 Å². The zero-order valence-corrected chi connectivity index (χ0v) is 59.5. The fourth-order valence-corrected chi connectivity index (χ4v) is 12.2. The summed E-state index contributed by atoms with van der Waals surface area (Å²) in [5.74, 6) is -0.639. The van der Waals surface area contributed by atoms with Gasteiger partial charge in [-0.15, -0.1) is 0 Å². The summed E-state index contributed by atoms with van der Waals surface area (Å²) in [5.41, 5.74) is 0. The highest BCUT2D eigenvalue weighted by atomic mass is 31.2. The maximum atomic E-state index is 13.0. The summed E-state index contributed by atoms with van der Waals surface area (Å²) in [6, 6.07) is 0. The van der Waals surface area contributed by atoms with Crippen molar-refractivity contribution >= 4 is 39.5 Å². The third kappa shape index (κ3) is 64.6. The third-order valence-corrected chi connectivity index (χ3v) is 18.1. The Labute approximate surface area is 543 Å². The van der Waals surface area contributed by atoms with E-state index in [4.69, 9.17) is 37.0 Å². The molecule has 17 nitrogen and oxygen atoms in total. The molecule has 2 unspecified atom stereocenters. The number of carbonyl (C=O) groups is 4. The van der Waals surface area contributed by atoms with Gasteiger partial charge in [0, 0.05) is 25.7 Å². The summed E-state index contributed by atoms with van der Waals surface area (Å²) >= 11 is 0. The van der Waals surface area contributed by atoms with Crippen molar-refractivity contribution in [1.29, 1.82) is 0 Å². The zero-order chi connectivity index (χ0) is 65.7. The molecule has 5 atom stereocenters. The molecule has 0 bridgehead atoms. The third-order valence-electron chi connectivity index (χ3n) is 16.2. The minimum atomic E-state index is -4.95. The van der Waals surface area contributed by atoms with Crippen LogP contribution in [0.4, 0.5) is 0 Å². The number of hydrogen-bond donors (Lipinski definition) is 3. The summed E-state index contributed by atoms with van der Waals surface area (Å²) in [7, 11) is -9.89. The van der Waals surface area contributed by atoms with Gasteiger partial charge in [0.15, 0.2) is 12.2 Å². The molecule has 0 fully saturated rings. The molecule has 0 heterocycles. The molecule has 19 heteroatoms. The molecule has 3 N–H and O–H groups in total. The molecule has 0 aliphatic heterocycles. The minimum absolute atomic E-state index is 0.103. The van der Waals surface area contributed by atoms with E-state index in [0.717, 1.165) is 109 Å². The fourth-order valence-electron chi connectivity index (χ4n) is 10.6. The van der Waals surface area contributed by atoms with Gasteiger partial charge in [0.2, 0.25) is 0 Å². The lowest BCUT2D eigenvalue weighted by Crippen LogP contribution is -2.30. The molecule has 0 radical (unpaired) electrons. The minimum Gasteiger partial charge on any atom is -0.462 e. The Hall–Kier alpha value is -1.94. The molecule has 528 valence electrons. The van der Waals surface area contributed by atoms with Gasteiger partial charge < -0.3 is 33.8 Å². The summed E-state index contributed by atoms with van der Waals surface area (Å²) < 4.78 is 68.2. The Balaban J connectivity index is 5.20. The lowest BCUT2D eigenvalue weighted by molar-refractivity contribution is -0.161. The van der Waals surface area contributed by atoms with E-state index in [-0.39, 0.29) is 25.7 Å². The van der Waals surface area contributed by atoms with Crippen molar-refractivity contribution in [2.45, 2.75) is 374 Å². The van der Waals surface area contributed by atoms with E-state index in [1.54, 1.807) is 0 Å². The number of esters is 4. The predicted molar refractivity (Wildman–Crippen MR) is 358 cm³/mol. The van der Waals surface area contributed by atoms with Crippen molar-refractivity contribution in [3.05, 3.63) is 0 Å². The quantitative estimate of drug-likeness (QED) is 0.0222. The largest absolute Gasteiger partial charge is 0.472 e. The monoisotopic (exact) mass is 1310 g/mol. The van der Waals surface area contributed by atoms with Gasteiger partial charge >= 0.3 is 39.5 Å². The SMILES string of the molecule is CCCCCCCCCCCCCCCCCC(=O)OC[C@H](COP(=O)(O)OC[C@@H](O)COP(=O)(O)OC[C@@H](COC(=O)CCCCCCCCC)OC(=O)CCCCCCCCCC(C)C)OC(=O)CCCCCCCCCCCCCCCCC(C)C. The highest BCUT2D eigenvalue weighted by Gasteiger charge is 2.30. The van der Waals surface area contributed by atoms with E-state index >= 15 is 0 Å². The zero-order valence-electron chi connectivity index (χ0n) is 57.7. The van der Waals surface area contributed by atoms with Crippen LogP contribution in [0, 0.1) is 11.8 Å². The Bertz CT molecular complexity index is 1730. The van der Waals surface area contributed by atoms with Gasteiger partial charge in [-0.1, -0.05) is 305 Å². The van der Waals surface area contributed by atoms with Crippen LogP contribution in [0.1, 0.15) is 356 Å². The van der Waals surface area contributed by atoms with Crippen LogP contribution in [0.3, 0.4) is 0 Å². The number of unbranched alkanes of at least 4 members (excludes halogenated alkanes) is 39. The lowest BCUT2D eigenvalue weighted by atomic mass is 10.0. The second-order valence-electron chi connectivity index (χ2n) is 26.2. The summed E-state index contributed by atoms with van der Waals surface area (Å²) in [5, 5.41) is 10.6. The molecule has 89 heavy (non-hydrogen) atoms. The molecule has 0 spiro atoms. The average Bonchev–Trinajstić information content (AvgIpc) is 3.64. The summed E-state index contributed by atoms with van der Waals surface area (Å²) in [4.78, 5) is 72.4. The van der Waals surface area contributed by atoms with Crippen LogP contribution in [-0.4, -0.2) is 96.7 Å². The molecule has 0 aromatic heterocycles. The number of phosphoric ester groups is 2. The smallest absolute Gasteiger partial charge is 0.462 e. The van der Waals surface area contributed by atoms with Crippen molar-refractivity contribution < 1.29 is 80.2 Å². The molecule has 0 saturated heterocycles. The van der Waals surface area contributed by atoms with Crippen LogP contribution in [-0.2, 0) is 65.4 Å². The second-order valence-corrected chi connectivity index (χ2v) is 29.1. The Morgan fingerprint density at radius 2 is 0.517 bits per heavy atom. The van der Waals surface area contributed by atoms with Gasteiger partial charge in [-0.25, -0.2) is 9.13 Å². The standard InChI is InChI=1S/C70H136O17P2/c1-7-9-11-13-15-16-17-18-19-23-26-29-35-41-47-53-68(73)81-59-66(86-69(74)54-48-42-36-30-27-24-21-20-22-25-28-33-38-44-50-62(3)4)61-85-89(78,79)83-57-64(71)56-82-88(76,77)84-60-65(58-80-67(72)52-46-40-32-14-12-10-8-2)87-70(75)55-49-43-37-31-34-39-45-51-63(5)6/h62-66,71H,7-61H2,1-6H3,(H,76,77)(H,78,79)/t64-,65+,66+/m0/s1. The van der Waals surface area contributed by atoms with Crippen molar-refractivity contribution in [2.24, 2.45) is 11.8 Å². The van der Waals surface area contributed by atoms with Gasteiger partial charge in [0.05, 0.1) is 26.4 Å². The summed E-state index contributed by atoms with van der Waals surface area (Å²) in [6.45, 7) is 9.47. The van der Waals surface area contributed by atoms with E-state index in [9.17, 15) is 43.2 Å². The highest BCUT2D eigenvalue weighted by molar-refractivity contribution is 7.47. The van der Waals surface area contributed by atoms with Crippen molar-refractivity contribution in [3.8, 4) is 0 Å². The van der Waals surface area contributed by atoms with Crippen LogP contribution in [0.15, 0.2) is 0 Å². The van der Waals surface area contributed by atoms with Crippen LogP contribution in [0.25, 0.3) is 0 Å². The number of ether oxygens (including phenoxy) is 4. The topological polar surface area (TPSA) is 237 Å². The molecule has 0 saturated carbocycles. The molecular weight excluding hydrogens is 1170 g/mol. The van der Waals surface area contributed by atoms with Crippen molar-refractivity contribution in [2.75, 3.05) is 39.6 Å². The molecule has 0 aromatic rings. The van der Waals surface area contributed by atoms with E-state index in [1.165, 1.54) is 161 Å². The number of aliphatic hydroxyl groups excluding tert-OH is 1. The number of rotatable bonds is 69. The summed E-state index contributed by atoms with van der Waals surface area (Å²) in [6.07, 6.45) is 47.4. The maximum absolute atomic E-state index is 13.0. The van der Waals surface area contributed by atoms with Crippen LogP contribution in [0.2, 0.25) is 0 Å². The van der Waals surface area contributed by atoms with Gasteiger partial charge in [0.25, 0.3) is 0 Å². The number of hydrogen-bond acceptors (Lipinski definition) is 15. The normalized spacial score (nSPS) is 14.1.